The Morgan fingerprint density at radius 2 is 1.74 bits per heavy atom. The molecule has 3 N–H and O–H groups in total. The van der Waals surface area contributed by atoms with Crippen molar-refractivity contribution < 1.29 is 33.1 Å². The highest BCUT2D eigenvalue weighted by molar-refractivity contribution is 7.46. The number of hydrogen-bond donors (Lipinski definition) is 3. The first-order valence-corrected chi connectivity index (χ1v) is 10.6. The number of phosphoric ester groups is 1. The first-order valence-electron chi connectivity index (χ1n) is 9.04. The zero-order valence-corrected chi connectivity index (χ0v) is 17.4. The van der Waals surface area contributed by atoms with Crippen molar-refractivity contribution in [2.24, 2.45) is 0 Å². The second kappa shape index (κ2) is 12.5. The molecule has 0 radical (unpaired) electrons. The van der Waals surface area contributed by atoms with Gasteiger partial charge in [0, 0.05) is 12.6 Å². The highest BCUT2D eigenvalue weighted by atomic mass is 31.2. The Bertz CT molecular complexity index is 559. The van der Waals surface area contributed by atoms with E-state index in [1.165, 1.54) is 0 Å². The molecule has 1 aromatic carbocycles. The SMILES string of the molecule is CC(C)NCC(COc1ccc(COCCOC(C)C)cc1)OP(=O)(O)O. The third-order valence-electron chi connectivity index (χ3n) is 3.35. The predicted octanol–water partition coefficient (Wildman–Crippen LogP) is 2.48. The Balaban J connectivity index is 2.41. The summed E-state index contributed by atoms with van der Waals surface area (Å²) in [7, 11) is -4.58. The van der Waals surface area contributed by atoms with E-state index in [0.29, 0.717) is 25.6 Å². The maximum absolute atomic E-state index is 11.1. The van der Waals surface area contributed by atoms with E-state index in [2.05, 4.69) is 5.32 Å². The van der Waals surface area contributed by atoms with Gasteiger partial charge in [0.15, 0.2) is 0 Å². The molecule has 0 aliphatic rings. The fourth-order valence-corrected chi connectivity index (χ4v) is 2.62. The van der Waals surface area contributed by atoms with E-state index in [1.807, 2.05) is 39.8 Å². The smallest absolute Gasteiger partial charge is 0.470 e. The maximum atomic E-state index is 11.1. The Morgan fingerprint density at radius 3 is 2.30 bits per heavy atom. The zero-order chi connectivity index (χ0) is 20.3. The molecule has 0 aromatic heterocycles. The van der Waals surface area contributed by atoms with Crippen molar-refractivity contribution in [1.82, 2.24) is 5.32 Å². The summed E-state index contributed by atoms with van der Waals surface area (Å²) in [6.07, 6.45) is -0.573. The van der Waals surface area contributed by atoms with Crippen LogP contribution in [-0.2, 0) is 25.2 Å². The molecule has 0 heterocycles. The summed E-state index contributed by atoms with van der Waals surface area (Å²) in [6, 6.07) is 7.49. The molecule has 1 atom stereocenters. The lowest BCUT2D eigenvalue weighted by molar-refractivity contribution is 0.0143. The molecule has 1 rings (SSSR count). The summed E-state index contributed by atoms with van der Waals surface area (Å²) in [5, 5.41) is 3.08. The number of nitrogens with one attached hydrogen (secondary N) is 1. The molecule has 1 unspecified atom stereocenters. The van der Waals surface area contributed by atoms with Crippen LogP contribution in [0.4, 0.5) is 0 Å². The van der Waals surface area contributed by atoms with Gasteiger partial charge in [-0.1, -0.05) is 26.0 Å². The van der Waals surface area contributed by atoms with Crippen LogP contribution in [0, 0.1) is 0 Å². The van der Waals surface area contributed by atoms with Gasteiger partial charge in [0.2, 0.25) is 0 Å². The molecule has 0 bridgehead atoms. The molecular weight excluding hydrogens is 373 g/mol. The van der Waals surface area contributed by atoms with Crippen molar-refractivity contribution in [3.8, 4) is 5.75 Å². The summed E-state index contributed by atoms with van der Waals surface area (Å²) in [5.41, 5.74) is 0.997. The largest absolute Gasteiger partial charge is 0.491 e. The van der Waals surface area contributed by atoms with Gasteiger partial charge in [0.25, 0.3) is 0 Å². The highest BCUT2D eigenvalue weighted by Crippen LogP contribution is 2.37. The van der Waals surface area contributed by atoms with Crippen molar-refractivity contribution in [1.29, 1.82) is 0 Å². The molecule has 27 heavy (non-hydrogen) atoms. The lowest BCUT2D eigenvalue weighted by Gasteiger charge is -2.20. The van der Waals surface area contributed by atoms with Gasteiger partial charge in [-0.15, -0.1) is 0 Å². The van der Waals surface area contributed by atoms with E-state index < -0.39 is 13.9 Å². The minimum Gasteiger partial charge on any atom is -0.491 e. The lowest BCUT2D eigenvalue weighted by atomic mass is 10.2. The van der Waals surface area contributed by atoms with Crippen LogP contribution >= 0.6 is 7.82 Å². The van der Waals surface area contributed by atoms with Gasteiger partial charge in [0.05, 0.1) is 25.9 Å². The predicted molar refractivity (Wildman–Crippen MR) is 103 cm³/mol. The third-order valence-corrected chi connectivity index (χ3v) is 3.92. The van der Waals surface area contributed by atoms with Crippen LogP contribution in [0.5, 0.6) is 5.75 Å². The maximum Gasteiger partial charge on any atom is 0.470 e. The molecule has 0 amide bonds. The average Bonchev–Trinajstić information content (AvgIpc) is 2.56. The Morgan fingerprint density at radius 1 is 1.07 bits per heavy atom. The van der Waals surface area contributed by atoms with E-state index in [1.54, 1.807) is 12.1 Å². The number of phosphoric acid groups is 1. The lowest BCUT2D eigenvalue weighted by Crippen LogP contribution is -2.36. The molecule has 0 spiro atoms. The minimum absolute atomic E-state index is 0.0210. The summed E-state index contributed by atoms with van der Waals surface area (Å²) in [4.78, 5) is 18.0. The number of ether oxygens (including phenoxy) is 3. The van der Waals surface area contributed by atoms with Crippen LogP contribution in [-0.4, -0.2) is 54.4 Å². The first-order chi connectivity index (χ1) is 12.7. The number of benzene rings is 1. The van der Waals surface area contributed by atoms with Gasteiger partial charge in [-0.05, 0) is 31.5 Å². The molecule has 0 aliphatic carbocycles. The topological polar surface area (TPSA) is 106 Å². The van der Waals surface area contributed by atoms with E-state index in [9.17, 15) is 4.57 Å². The minimum atomic E-state index is -4.58. The van der Waals surface area contributed by atoms with Crippen LogP contribution < -0.4 is 10.1 Å². The normalized spacial score (nSPS) is 13.3. The molecule has 1 aromatic rings. The summed E-state index contributed by atoms with van der Waals surface area (Å²) in [5.74, 6) is 0.589. The molecule has 156 valence electrons. The first kappa shape index (κ1) is 24.0. The van der Waals surface area contributed by atoms with Gasteiger partial charge < -0.3 is 29.3 Å². The van der Waals surface area contributed by atoms with Crippen LogP contribution in [0.25, 0.3) is 0 Å². The van der Waals surface area contributed by atoms with Crippen LogP contribution in [0.15, 0.2) is 24.3 Å². The molecular formula is C18H32NO7P. The van der Waals surface area contributed by atoms with Crippen molar-refractivity contribution in [3.05, 3.63) is 29.8 Å². The second-order valence-electron chi connectivity index (χ2n) is 6.71. The molecule has 0 aliphatic heterocycles. The van der Waals surface area contributed by atoms with Gasteiger partial charge in [0.1, 0.15) is 18.5 Å². The second-order valence-corrected chi connectivity index (χ2v) is 7.90. The van der Waals surface area contributed by atoms with Gasteiger partial charge in [-0.3, -0.25) is 4.52 Å². The summed E-state index contributed by atoms with van der Waals surface area (Å²) >= 11 is 0. The van der Waals surface area contributed by atoms with Gasteiger partial charge in [-0.2, -0.15) is 0 Å². The van der Waals surface area contributed by atoms with Crippen molar-refractivity contribution >= 4 is 7.82 Å². The summed E-state index contributed by atoms with van der Waals surface area (Å²) in [6.45, 7) is 9.69. The van der Waals surface area contributed by atoms with Crippen molar-refractivity contribution in [2.75, 3.05) is 26.4 Å². The molecule has 9 heteroatoms. The van der Waals surface area contributed by atoms with E-state index in [4.69, 9.17) is 28.5 Å². The van der Waals surface area contributed by atoms with Gasteiger partial charge in [-0.25, -0.2) is 4.57 Å². The molecule has 0 saturated carbocycles. The Labute approximate surface area is 161 Å². The average molecular weight is 405 g/mol. The van der Waals surface area contributed by atoms with Crippen molar-refractivity contribution in [2.45, 2.75) is 52.6 Å². The standard InChI is InChI=1S/C18H32NO7P/c1-14(2)19-11-18(26-27(20,21)22)13-25-17-7-5-16(6-8-17)12-23-9-10-24-15(3)4/h5-8,14-15,18-19H,9-13H2,1-4H3,(H2,20,21,22). The van der Waals surface area contributed by atoms with E-state index >= 15 is 0 Å². The fraction of sp³-hybridized carbons (Fsp3) is 0.667. The number of hydrogen-bond acceptors (Lipinski definition) is 6. The van der Waals surface area contributed by atoms with Crippen LogP contribution in [0.1, 0.15) is 33.3 Å². The Hall–Kier alpha value is -0.990. The van der Waals surface area contributed by atoms with Crippen LogP contribution in [0.2, 0.25) is 0 Å². The van der Waals surface area contributed by atoms with Gasteiger partial charge >= 0.3 is 7.82 Å². The van der Waals surface area contributed by atoms with Crippen LogP contribution in [0.3, 0.4) is 0 Å². The fourth-order valence-electron chi connectivity index (χ4n) is 2.09. The zero-order valence-electron chi connectivity index (χ0n) is 16.5. The number of rotatable bonds is 14. The third kappa shape index (κ3) is 12.9. The van der Waals surface area contributed by atoms with Crippen molar-refractivity contribution in [3.63, 3.8) is 0 Å². The summed E-state index contributed by atoms with van der Waals surface area (Å²) < 4.78 is 32.4. The molecule has 8 nitrogen and oxygen atoms in total. The highest BCUT2D eigenvalue weighted by Gasteiger charge is 2.23. The Kier molecular flexibility index (Phi) is 11.1. The van der Waals surface area contributed by atoms with E-state index in [0.717, 1.165) is 5.56 Å². The molecule has 0 fully saturated rings. The van der Waals surface area contributed by atoms with E-state index in [-0.39, 0.29) is 25.3 Å². The quantitative estimate of drug-likeness (QED) is 0.320. The monoisotopic (exact) mass is 405 g/mol. The molecule has 0 saturated heterocycles.